The van der Waals surface area contributed by atoms with E-state index in [0.29, 0.717) is 17.8 Å². The van der Waals surface area contributed by atoms with Crippen molar-refractivity contribution in [2.24, 2.45) is 0 Å². The normalized spacial score (nSPS) is 12.5. The Morgan fingerprint density at radius 3 is 2.33 bits per heavy atom. The van der Waals surface area contributed by atoms with Gasteiger partial charge in [-0.2, -0.15) is 0 Å². The van der Waals surface area contributed by atoms with Crippen LogP contribution in [0.1, 0.15) is 21.5 Å². The molecule has 0 saturated heterocycles. The smallest absolute Gasteiger partial charge is 0.272 e. The number of nitrogens with zero attached hydrogens (tertiary/aromatic N) is 1. The van der Waals surface area contributed by atoms with Gasteiger partial charge in [-0.15, -0.1) is 11.8 Å². The van der Waals surface area contributed by atoms with Crippen LogP contribution in [0.15, 0.2) is 120 Å². The Hall–Kier alpha value is -4.62. The highest BCUT2D eigenvalue weighted by atomic mass is 32.2. The van der Waals surface area contributed by atoms with Crippen LogP contribution in [0.2, 0.25) is 0 Å². The van der Waals surface area contributed by atoms with Gasteiger partial charge in [0.1, 0.15) is 5.70 Å². The summed E-state index contributed by atoms with van der Waals surface area (Å²) in [6.07, 6.45) is 2.51. The number of benzene rings is 4. The molecule has 6 nitrogen and oxygen atoms in total. The van der Waals surface area contributed by atoms with Gasteiger partial charge in [-0.05, 0) is 60.0 Å². The Morgan fingerprint density at radius 1 is 0.821 bits per heavy atom. The van der Waals surface area contributed by atoms with Crippen LogP contribution in [0.5, 0.6) is 0 Å². The molecule has 2 N–H and O–H groups in total. The monoisotopic (exact) mass is 533 g/mol. The first-order chi connectivity index (χ1) is 19.1. The molecule has 1 aliphatic heterocycles. The number of carbonyl (C=O) groups excluding carboxylic acids is 3. The highest BCUT2D eigenvalue weighted by molar-refractivity contribution is 8.00. The molecule has 0 radical (unpaired) electrons. The summed E-state index contributed by atoms with van der Waals surface area (Å²) in [4.78, 5) is 41.7. The summed E-state index contributed by atoms with van der Waals surface area (Å²) in [5.41, 5.74) is 4.10. The summed E-state index contributed by atoms with van der Waals surface area (Å²) in [5, 5.41) is 5.64. The Balaban J connectivity index is 1.27. The van der Waals surface area contributed by atoms with Gasteiger partial charge in [-0.1, -0.05) is 72.8 Å². The second-order valence-corrected chi connectivity index (χ2v) is 10.0. The Kier molecular flexibility index (Phi) is 8.19. The van der Waals surface area contributed by atoms with Crippen molar-refractivity contribution in [3.8, 4) is 0 Å². The van der Waals surface area contributed by atoms with Crippen LogP contribution in [0, 0.1) is 0 Å². The van der Waals surface area contributed by atoms with Crippen LogP contribution in [0.25, 0.3) is 6.08 Å². The second-order valence-electron chi connectivity index (χ2n) is 8.98. The van der Waals surface area contributed by atoms with E-state index in [1.165, 1.54) is 17.3 Å². The summed E-state index contributed by atoms with van der Waals surface area (Å²) in [6, 6.07) is 33.4. The fourth-order valence-electron chi connectivity index (χ4n) is 4.34. The van der Waals surface area contributed by atoms with Crippen molar-refractivity contribution in [1.29, 1.82) is 0 Å². The molecular weight excluding hydrogens is 506 g/mol. The van der Waals surface area contributed by atoms with E-state index in [0.717, 1.165) is 22.6 Å². The van der Waals surface area contributed by atoms with Crippen molar-refractivity contribution < 1.29 is 14.4 Å². The maximum absolute atomic E-state index is 13.3. The number of thioether (sulfide) groups is 1. The molecule has 4 aromatic rings. The number of anilines is 2. The van der Waals surface area contributed by atoms with Crippen LogP contribution in [0.3, 0.4) is 0 Å². The Morgan fingerprint density at radius 2 is 1.54 bits per heavy atom. The highest BCUT2D eigenvalue weighted by Crippen LogP contribution is 2.29. The average Bonchev–Trinajstić information content (AvgIpc) is 3.41. The number of amides is 3. The molecular formula is C32H27N3O3S. The molecule has 5 rings (SSSR count). The zero-order valence-electron chi connectivity index (χ0n) is 21.2. The summed E-state index contributed by atoms with van der Waals surface area (Å²) < 4.78 is 0. The van der Waals surface area contributed by atoms with E-state index in [1.54, 1.807) is 36.4 Å². The molecule has 7 heteroatoms. The van der Waals surface area contributed by atoms with Gasteiger partial charge in [0.15, 0.2) is 0 Å². The predicted molar refractivity (Wildman–Crippen MR) is 157 cm³/mol. The van der Waals surface area contributed by atoms with Crippen LogP contribution in [-0.4, -0.2) is 30.0 Å². The number of hydrogen-bond donors (Lipinski definition) is 2. The topological polar surface area (TPSA) is 78.5 Å². The lowest BCUT2D eigenvalue weighted by Gasteiger charge is -2.17. The molecule has 0 aromatic heterocycles. The number of fused-ring (bicyclic) bond motifs is 1. The lowest BCUT2D eigenvalue weighted by Crippen LogP contribution is -2.30. The van der Waals surface area contributed by atoms with Gasteiger partial charge in [0.25, 0.3) is 11.8 Å². The minimum Gasteiger partial charge on any atom is -0.321 e. The molecule has 0 spiro atoms. The van der Waals surface area contributed by atoms with Crippen molar-refractivity contribution in [3.05, 3.63) is 132 Å². The standard InChI is InChI=1S/C32H27N3O3S/c36-30(35-19-18-24-12-7-8-17-29(24)35)22-39-27-16-9-15-26(21-27)33-32(38)28(20-23-10-3-1-4-11-23)34-31(37)25-13-5-2-6-14-25/h1-17,20-21H,18-19,22H2,(H,33,38)(H,34,37)/b28-20-. The van der Waals surface area contributed by atoms with Crippen molar-refractivity contribution in [1.82, 2.24) is 5.32 Å². The Bertz CT molecular complexity index is 1520. The third-order valence-electron chi connectivity index (χ3n) is 6.28. The van der Waals surface area contributed by atoms with E-state index < -0.39 is 5.91 Å². The SMILES string of the molecule is O=C(Nc1cccc(SCC(=O)N2CCc3ccccc32)c1)/C(=C/c1ccccc1)NC(=O)c1ccccc1. The quantitative estimate of drug-likeness (QED) is 0.222. The highest BCUT2D eigenvalue weighted by Gasteiger charge is 2.24. The zero-order valence-corrected chi connectivity index (χ0v) is 22.0. The van der Waals surface area contributed by atoms with Crippen LogP contribution in [-0.2, 0) is 16.0 Å². The largest absolute Gasteiger partial charge is 0.321 e. The van der Waals surface area contributed by atoms with Crippen molar-refractivity contribution in [3.63, 3.8) is 0 Å². The van der Waals surface area contributed by atoms with E-state index in [-0.39, 0.29) is 23.3 Å². The Labute approximate surface area is 231 Å². The molecule has 0 bridgehead atoms. The van der Waals surface area contributed by atoms with Crippen LogP contribution < -0.4 is 15.5 Å². The van der Waals surface area contributed by atoms with Crippen molar-refractivity contribution >= 4 is 46.9 Å². The van der Waals surface area contributed by atoms with Gasteiger partial charge in [-0.25, -0.2) is 0 Å². The third kappa shape index (κ3) is 6.64. The zero-order chi connectivity index (χ0) is 27.0. The molecule has 0 fully saturated rings. The first-order valence-electron chi connectivity index (χ1n) is 12.6. The molecule has 194 valence electrons. The molecule has 1 aliphatic rings. The second kappa shape index (κ2) is 12.3. The summed E-state index contributed by atoms with van der Waals surface area (Å²) >= 11 is 1.42. The van der Waals surface area contributed by atoms with E-state index in [2.05, 4.69) is 16.7 Å². The first-order valence-corrected chi connectivity index (χ1v) is 13.6. The van der Waals surface area contributed by atoms with Gasteiger partial charge in [0, 0.05) is 28.4 Å². The maximum atomic E-state index is 13.3. The molecule has 4 aromatic carbocycles. The molecule has 1 heterocycles. The lowest BCUT2D eigenvalue weighted by molar-refractivity contribution is -0.116. The summed E-state index contributed by atoms with van der Waals surface area (Å²) in [6.45, 7) is 0.695. The third-order valence-corrected chi connectivity index (χ3v) is 7.26. The maximum Gasteiger partial charge on any atom is 0.272 e. The van der Waals surface area contributed by atoms with E-state index in [1.807, 2.05) is 77.7 Å². The summed E-state index contributed by atoms with van der Waals surface area (Å²) in [7, 11) is 0. The fraction of sp³-hybridized carbons (Fsp3) is 0.0938. The van der Waals surface area contributed by atoms with Crippen LogP contribution in [0.4, 0.5) is 11.4 Å². The number of carbonyl (C=O) groups is 3. The van der Waals surface area contributed by atoms with Crippen molar-refractivity contribution in [2.75, 3.05) is 22.5 Å². The van der Waals surface area contributed by atoms with Crippen molar-refractivity contribution in [2.45, 2.75) is 11.3 Å². The van der Waals surface area contributed by atoms with Gasteiger partial charge < -0.3 is 15.5 Å². The fourth-order valence-corrected chi connectivity index (χ4v) is 5.17. The number of nitrogens with one attached hydrogen (secondary N) is 2. The lowest BCUT2D eigenvalue weighted by atomic mass is 10.1. The molecule has 0 unspecified atom stereocenters. The molecule has 3 amide bonds. The summed E-state index contributed by atoms with van der Waals surface area (Å²) in [5.74, 6) is -0.483. The number of hydrogen-bond acceptors (Lipinski definition) is 4. The van der Waals surface area contributed by atoms with Gasteiger partial charge in [0.05, 0.1) is 5.75 Å². The minimum absolute atomic E-state index is 0.0519. The predicted octanol–water partition coefficient (Wildman–Crippen LogP) is 5.78. The van der Waals surface area contributed by atoms with E-state index in [9.17, 15) is 14.4 Å². The molecule has 0 saturated carbocycles. The van der Waals surface area contributed by atoms with Gasteiger partial charge in [-0.3, -0.25) is 14.4 Å². The van der Waals surface area contributed by atoms with Gasteiger partial charge in [0.2, 0.25) is 5.91 Å². The molecule has 39 heavy (non-hydrogen) atoms. The number of para-hydroxylation sites is 1. The first kappa shape index (κ1) is 26.0. The molecule has 0 atom stereocenters. The van der Waals surface area contributed by atoms with Crippen LogP contribution >= 0.6 is 11.8 Å². The minimum atomic E-state index is -0.449. The number of rotatable bonds is 8. The average molecular weight is 534 g/mol. The van der Waals surface area contributed by atoms with Gasteiger partial charge >= 0.3 is 0 Å². The van der Waals surface area contributed by atoms with E-state index in [4.69, 9.17) is 0 Å². The molecule has 0 aliphatic carbocycles. The van der Waals surface area contributed by atoms with E-state index >= 15 is 0 Å².